The quantitative estimate of drug-likeness (QED) is 0.170. The molecule has 11 rings (SSSR count). The molecule has 0 aliphatic carbocycles. The van der Waals surface area contributed by atoms with Crippen LogP contribution in [0.25, 0.3) is 86.3 Å². The molecule has 0 bridgehead atoms. The molecule has 0 saturated carbocycles. The topological polar surface area (TPSA) is 16.4 Å². The molecule has 9 aromatic carbocycles. The van der Waals surface area contributed by atoms with Crippen LogP contribution < -0.4 is 4.90 Å². The van der Waals surface area contributed by atoms with Crippen LogP contribution in [0.1, 0.15) is 0 Å². The third-order valence-corrected chi connectivity index (χ3v) is 12.1. The van der Waals surface area contributed by atoms with E-state index in [9.17, 15) is 0 Å². The lowest BCUT2D eigenvalue weighted by Crippen LogP contribution is -2.10. The maximum absolute atomic E-state index is 7.06. The van der Waals surface area contributed by atoms with Crippen molar-refractivity contribution in [3.8, 4) is 33.4 Å². The van der Waals surface area contributed by atoms with Crippen molar-refractivity contribution in [3.05, 3.63) is 200 Å². The summed E-state index contributed by atoms with van der Waals surface area (Å²) in [6.45, 7) is 0. The fourth-order valence-corrected chi connectivity index (χ4v) is 9.51. The Morgan fingerprint density at radius 1 is 0.382 bits per heavy atom. The van der Waals surface area contributed by atoms with E-state index in [0.29, 0.717) is 0 Å². The first-order valence-electron chi connectivity index (χ1n) is 18.7. The number of nitrogens with zero attached hydrogens (tertiary/aromatic N) is 1. The van der Waals surface area contributed by atoms with E-state index in [1.165, 1.54) is 53.2 Å². The van der Waals surface area contributed by atoms with Crippen molar-refractivity contribution in [2.45, 2.75) is 0 Å². The minimum Gasteiger partial charge on any atom is -0.453 e. The van der Waals surface area contributed by atoms with Gasteiger partial charge in [-0.05, 0) is 75.0 Å². The van der Waals surface area contributed by atoms with Gasteiger partial charge in [-0.3, -0.25) is 0 Å². The number of thiophene rings is 1. The van der Waals surface area contributed by atoms with Gasteiger partial charge in [0.2, 0.25) is 0 Å². The standard InChI is InChI=1S/C52H33NOS/c1-3-14-36(15-4-1)41-20-11-21-43-44-22-12-23-47(51(44)54-50(41)43)53(40-29-27-35(28-30-40)39-26-25-34-13-7-8-18-38(34)33-39)46-32-31-42(37-16-5-2-6-17-37)52-49(46)45-19-9-10-24-48(45)55-52/h1-33H. The molecule has 0 fully saturated rings. The molecule has 0 spiro atoms. The summed E-state index contributed by atoms with van der Waals surface area (Å²) in [4.78, 5) is 2.41. The van der Waals surface area contributed by atoms with Gasteiger partial charge in [-0.25, -0.2) is 0 Å². The summed E-state index contributed by atoms with van der Waals surface area (Å²) in [6.07, 6.45) is 0. The highest BCUT2D eigenvalue weighted by Crippen LogP contribution is 2.50. The summed E-state index contributed by atoms with van der Waals surface area (Å²) in [5, 5.41) is 7.16. The molecular formula is C52H33NOS. The molecule has 0 aliphatic rings. The second kappa shape index (κ2) is 12.9. The van der Waals surface area contributed by atoms with E-state index in [0.717, 1.165) is 50.1 Å². The van der Waals surface area contributed by atoms with Crippen molar-refractivity contribution in [1.82, 2.24) is 0 Å². The fourth-order valence-electron chi connectivity index (χ4n) is 8.25. The smallest absolute Gasteiger partial charge is 0.159 e. The molecule has 2 aromatic heterocycles. The normalized spacial score (nSPS) is 11.6. The summed E-state index contributed by atoms with van der Waals surface area (Å²) in [5.41, 5.74) is 12.0. The van der Waals surface area contributed by atoms with Gasteiger partial charge < -0.3 is 9.32 Å². The van der Waals surface area contributed by atoms with E-state index >= 15 is 0 Å². The second-order valence-corrected chi connectivity index (χ2v) is 15.1. The Labute approximate surface area is 322 Å². The Kier molecular flexibility index (Phi) is 7.39. The molecule has 0 aliphatic heterocycles. The van der Waals surface area contributed by atoms with Gasteiger partial charge in [0.1, 0.15) is 5.58 Å². The van der Waals surface area contributed by atoms with Crippen molar-refractivity contribution in [2.75, 3.05) is 4.90 Å². The maximum atomic E-state index is 7.06. The Morgan fingerprint density at radius 3 is 1.82 bits per heavy atom. The van der Waals surface area contributed by atoms with Crippen molar-refractivity contribution in [1.29, 1.82) is 0 Å². The number of fused-ring (bicyclic) bond motifs is 7. The summed E-state index contributed by atoms with van der Waals surface area (Å²) in [7, 11) is 0. The lowest BCUT2D eigenvalue weighted by molar-refractivity contribution is 0.670. The zero-order valence-corrected chi connectivity index (χ0v) is 30.6. The molecular weight excluding hydrogens is 687 g/mol. The third kappa shape index (κ3) is 5.24. The van der Waals surface area contributed by atoms with Crippen molar-refractivity contribution in [2.24, 2.45) is 0 Å². The maximum Gasteiger partial charge on any atom is 0.159 e. The van der Waals surface area contributed by atoms with Crippen LogP contribution in [0.4, 0.5) is 17.1 Å². The van der Waals surface area contributed by atoms with Gasteiger partial charge in [0, 0.05) is 42.2 Å². The van der Waals surface area contributed by atoms with Crippen LogP contribution in [0, 0.1) is 0 Å². The molecule has 0 atom stereocenters. The molecule has 258 valence electrons. The molecule has 11 aromatic rings. The average molecular weight is 720 g/mol. The Morgan fingerprint density at radius 2 is 1.02 bits per heavy atom. The van der Waals surface area contributed by atoms with E-state index in [1.807, 2.05) is 11.3 Å². The first-order valence-corrected chi connectivity index (χ1v) is 19.5. The zero-order chi connectivity index (χ0) is 36.3. The predicted octanol–water partition coefficient (Wildman–Crippen LogP) is 15.6. The van der Waals surface area contributed by atoms with Crippen LogP contribution in [0.3, 0.4) is 0 Å². The van der Waals surface area contributed by atoms with Gasteiger partial charge in [0.05, 0.1) is 11.4 Å². The van der Waals surface area contributed by atoms with Crippen LogP contribution in [-0.2, 0) is 0 Å². The number of para-hydroxylation sites is 2. The van der Waals surface area contributed by atoms with Crippen molar-refractivity contribution >= 4 is 81.3 Å². The van der Waals surface area contributed by atoms with Crippen molar-refractivity contribution in [3.63, 3.8) is 0 Å². The number of hydrogen-bond acceptors (Lipinski definition) is 3. The lowest BCUT2D eigenvalue weighted by Gasteiger charge is -2.27. The number of benzene rings is 9. The summed E-state index contributed by atoms with van der Waals surface area (Å²) < 4.78 is 9.60. The molecule has 2 heterocycles. The fraction of sp³-hybridized carbons (Fsp3) is 0. The van der Waals surface area contributed by atoms with Crippen LogP contribution in [0.5, 0.6) is 0 Å². The van der Waals surface area contributed by atoms with Crippen LogP contribution in [0.15, 0.2) is 205 Å². The lowest BCUT2D eigenvalue weighted by atomic mass is 9.99. The second-order valence-electron chi connectivity index (χ2n) is 14.0. The van der Waals surface area contributed by atoms with E-state index in [4.69, 9.17) is 4.42 Å². The van der Waals surface area contributed by atoms with Gasteiger partial charge in [-0.2, -0.15) is 0 Å². The first kappa shape index (κ1) is 31.6. The van der Waals surface area contributed by atoms with E-state index < -0.39 is 0 Å². The molecule has 2 nitrogen and oxygen atoms in total. The monoisotopic (exact) mass is 719 g/mol. The number of furan rings is 1. The van der Waals surface area contributed by atoms with E-state index in [-0.39, 0.29) is 0 Å². The van der Waals surface area contributed by atoms with Gasteiger partial charge in [0.25, 0.3) is 0 Å². The van der Waals surface area contributed by atoms with Gasteiger partial charge in [-0.1, -0.05) is 164 Å². The highest BCUT2D eigenvalue weighted by atomic mass is 32.1. The summed E-state index contributed by atoms with van der Waals surface area (Å²) in [6, 6.07) is 72.0. The van der Waals surface area contributed by atoms with Gasteiger partial charge >= 0.3 is 0 Å². The molecule has 3 heteroatoms. The predicted molar refractivity (Wildman–Crippen MR) is 235 cm³/mol. The number of hydrogen-bond donors (Lipinski definition) is 0. The number of anilines is 3. The molecule has 0 saturated heterocycles. The molecule has 55 heavy (non-hydrogen) atoms. The van der Waals surface area contributed by atoms with Gasteiger partial charge in [-0.15, -0.1) is 11.3 Å². The Balaban J connectivity index is 1.17. The Hall–Kier alpha value is -6.94. The number of rotatable bonds is 6. The SMILES string of the molecule is c1ccc(-c2cccc3c2oc2c(N(c4ccc(-c5ccc6ccccc6c5)cc4)c4ccc(-c5ccccc5)c5sc6ccccc6c45)cccc23)cc1. The van der Waals surface area contributed by atoms with Gasteiger partial charge in [0.15, 0.2) is 5.58 Å². The highest BCUT2D eigenvalue weighted by Gasteiger charge is 2.24. The minimum absolute atomic E-state index is 0.860. The van der Waals surface area contributed by atoms with Crippen LogP contribution in [-0.4, -0.2) is 0 Å². The molecule has 0 radical (unpaired) electrons. The summed E-state index contributed by atoms with van der Waals surface area (Å²) in [5.74, 6) is 0. The highest BCUT2D eigenvalue weighted by molar-refractivity contribution is 7.26. The third-order valence-electron chi connectivity index (χ3n) is 10.9. The van der Waals surface area contributed by atoms with Crippen LogP contribution >= 0.6 is 11.3 Å². The van der Waals surface area contributed by atoms with Crippen LogP contribution in [0.2, 0.25) is 0 Å². The molecule has 0 amide bonds. The first-order chi connectivity index (χ1) is 27.3. The molecule has 0 unspecified atom stereocenters. The zero-order valence-electron chi connectivity index (χ0n) is 29.8. The minimum atomic E-state index is 0.860. The van der Waals surface area contributed by atoms with Crippen molar-refractivity contribution < 1.29 is 4.42 Å². The average Bonchev–Trinajstić information content (AvgIpc) is 3.84. The van der Waals surface area contributed by atoms with E-state index in [2.05, 4.69) is 205 Å². The Bertz CT molecular complexity index is 3190. The summed E-state index contributed by atoms with van der Waals surface area (Å²) >= 11 is 1.86. The van der Waals surface area contributed by atoms with E-state index in [1.54, 1.807) is 0 Å². The molecule has 0 N–H and O–H groups in total. The largest absolute Gasteiger partial charge is 0.453 e.